The summed E-state index contributed by atoms with van der Waals surface area (Å²) in [6.45, 7) is 0.853. The number of aromatic nitrogens is 6. The number of nitrogens with one attached hydrogen (secondary N) is 2. The third kappa shape index (κ3) is 3.58. The minimum absolute atomic E-state index is 0.289. The maximum absolute atomic E-state index is 5.40. The molecule has 1 aliphatic rings. The molecule has 0 atom stereocenters. The Balaban J connectivity index is 1.73. The van der Waals surface area contributed by atoms with Gasteiger partial charge in [0.1, 0.15) is 12.7 Å². The van der Waals surface area contributed by atoms with Gasteiger partial charge in [-0.1, -0.05) is 0 Å². The molecule has 3 heterocycles. The van der Waals surface area contributed by atoms with Gasteiger partial charge in [0.05, 0.1) is 0 Å². The van der Waals surface area contributed by atoms with Crippen LogP contribution in [0.3, 0.4) is 0 Å². The zero-order valence-electron chi connectivity index (χ0n) is 11.4. The van der Waals surface area contributed by atoms with Crippen LogP contribution in [0, 0.1) is 5.92 Å². The molecule has 0 radical (unpaired) electrons. The lowest BCUT2D eigenvalue weighted by Crippen LogP contribution is -2.21. The molecule has 4 N–H and O–H groups in total. The van der Waals surface area contributed by atoms with Crippen molar-refractivity contribution < 1.29 is 0 Å². The van der Waals surface area contributed by atoms with Crippen LogP contribution in [0.2, 0.25) is 0 Å². The molecule has 2 aromatic heterocycles. The standard InChI is InChI=1S/C11H17N9S/c12-19-10-16-9(14-5-8-1-3-21-4-2-8)17-11(18-10)20-7-13-6-15-20/h6-8H,1-5,12H2,(H2,14,16,17,18,19). The van der Waals surface area contributed by atoms with Crippen LogP contribution in [0.5, 0.6) is 0 Å². The maximum atomic E-state index is 5.40. The Morgan fingerprint density at radius 2 is 2.05 bits per heavy atom. The van der Waals surface area contributed by atoms with Crippen molar-refractivity contribution >= 4 is 23.7 Å². The molecule has 3 rings (SSSR count). The Kier molecular flexibility index (Phi) is 4.46. The third-order valence-electron chi connectivity index (χ3n) is 3.27. The summed E-state index contributed by atoms with van der Waals surface area (Å²) in [5, 5.41) is 7.27. The average molecular weight is 307 g/mol. The van der Waals surface area contributed by atoms with E-state index in [4.69, 9.17) is 5.84 Å². The van der Waals surface area contributed by atoms with Gasteiger partial charge >= 0.3 is 0 Å². The molecular formula is C11H17N9S. The highest BCUT2D eigenvalue weighted by Gasteiger charge is 2.15. The number of rotatable bonds is 5. The topological polar surface area (TPSA) is 119 Å². The molecule has 0 unspecified atom stereocenters. The monoisotopic (exact) mass is 307 g/mol. The van der Waals surface area contributed by atoms with E-state index < -0.39 is 0 Å². The van der Waals surface area contributed by atoms with Gasteiger partial charge in [-0.15, -0.1) is 0 Å². The molecule has 112 valence electrons. The fourth-order valence-corrected chi connectivity index (χ4v) is 3.31. The first kappa shape index (κ1) is 14.0. The summed E-state index contributed by atoms with van der Waals surface area (Å²) in [5.74, 6) is 9.66. The fourth-order valence-electron chi connectivity index (χ4n) is 2.11. The Hall–Kier alpha value is -1.94. The largest absolute Gasteiger partial charge is 0.354 e. The molecule has 0 aliphatic carbocycles. The van der Waals surface area contributed by atoms with Gasteiger partial charge in [-0.3, -0.25) is 5.43 Å². The van der Waals surface area contributed by atoms with E-state index in [1.165, 1.54) is 41.7 Å². The first-order chi connectivity index (χ1) is 10.3. The van der Waals surface area contributed by atoms with Crippen LogP contribution in [0.15, 0.2) is 12.7 Å². The van der Waals surface area contributed by atoms with Gasteiger partial charge in [0.2, 0.25) is 11.9 Å². The summed E-state index contributed by atoms with van der Waals surface area (Å²) in [6.07, 6.45) is 5.39. The molecule has 1 fully saturated rings. The Morgan fingerprint density at radius 1 is 1.24 bits per heavy atom. The van der Waals surface area contributed by atoms with Gasteiger partial charge in [0.15, 0.2) is 0 Å². The number of anilines is 2. The van der Waals surface area contributed by atoms with E-state index in [0.29, 0.717) is 17.8 Å². The van der Waals surface area contributed by atoms with Crippen molar-refractivity contribution in [2.75, 3.05) is 28.8 Å². The Labute approximate surface area is 126 Å². The maximum Gasteiger partial charge on any atom is 0.258 e. The molecule has 0 saturated carbocycles. The fraction of sp³-hybridized carbons (Fsp3) is 0.545. The first-order valence-corrected chi connectivity index (χ1v) is 7.90. The summed E-state index contributed by atoms with van der Waals surface area (Å²) in [5.41, 5.74) is 2.44. The quantitative estimate of drug-likeness (QED) is 0.529. The summed E-state index contributed by atoms with van der Waals surface area (Å²) in [6, 6.07) is 0. The average Bonchev–Trinajstić information content (AvgIpc) is 3.08. The molecule has 10 heteroatoms. The predicted octanol–water partition coefficient (Wildman–Crippen LogP) is 0.293. The minimum atomic E-state index is 0.289. The van der Waals surface area contributed by atoms with Gasteiger partial charge in [0.25, 0.3) is 5.95 Å². The number of hydrazine groups is 1. The molecule has 1 aliphatic heterocycles. The molecule has 0 aromatic carbocycles. The van der Waals surface area contributed by atoms with E-state index in [1.807, 2.05) is 11.8 Å². The van der Waals surface area contributed by atoms with Crippen LogP contribution in [0.1, 0.15) is 12.8 Å². The van der Waals surface area contributed by atoms with Gasteiger partial charge < -0.3 is 5.32 Å². The summed E-state index contributed by atoms with van der Waals surface area (Å²) in [7, 11) is 0. The Bertz CT molecular complexity index is 567. The number of hydrogen-bond donors (Lipinski definition) is 3. The third-order valence-corrected chi connectivity index (χ3v) is 4.31. The van der Waals surface area contributed by atoms with Crippen LogP contribution < -0.4 is 16.6 Å². The molecule has 0 bridgehead atoms. The number of nitrogen functional groups attached to an aromatic ring is 1. The predicted molar refractivity (Wildman–Crippen MR) is 81.1 cm³/mol. The van der Waals surface area contributed by atoms with E-state index in [-0.39, 0.29) is 5.95 Å². The van der Waals surface area contributed by atoms with Crippen LogP contribution >= 0.6 is 11.8 Å². The zero-order valence-corrected chi connectivity index (χ0v) is 12.3. The van der Waals surface area contributed by atoms with E-state index in [0.717, 1.165) is 6.54 Å². The normalized spacial score (nSPS) is 15.9. The van der Waals surface area contributed by atoms with Crippen molar-refractivity contribution in [3.63, 3.8) is 0 Å². The molecular weight excluding hydrogens is 290 g/mol. The van der Waals surface area contributed by atoms with E-state index in [9.17, 15) is 0 Å². The van der Waals surface area contributed by atoms with Crippen LogP contribution in [-0.4, -0.2) is 47.8 Å². The van der Waals surface area contributed by atoms with Gasteiger partial charge in [0, 0.05) is 6.54 Å². The van der Waals surface area contributed by atoms with E-state index in [1.54, 1.807) is 0 Å². The molecule has 2 aromatic rings. The first-order valence-electron chi connectivity index (χ1n) is 6.74. The number of hydrogen-bond acceptors (Lipinski definition) is 9. The lowest BCUT2D eigenvalue weighted by Gasteiger charge is -2.21. The zero-order chi connectivity index (χ0) is 14.5. The second-order valence-electron chi connectivity index (χ2n) is 4.70. The minimum Gasteiger partial charge on any atom is -0.354 e. The highest BCUT2D eigenvalue weighted by Crippen LogP contribution is 2.22. The van der Waals surface area contributed by atoms with Crippen molar-refractivity contribution in [1.29, 1.82) is 0 Å². The van der Waals surface area contributed by atoms with E-state index >= 15 is 0 Å². The van der Waals surface area contributed by atoms with Crippen molar-refractivity contribution in [3.8, 4) is 5.95 Å². The Morgan fingerprint density at radius 3 is 2.76 bits per heavy atom. The lowest BCUT2D eigenvalue weighted by atomic mass is 10.0. The van der Waals surface area contributed by atoms with Gasteiger partial charge in [-0.25, -0.2) is 10.8 Å². The van der Waals surface area contributed by atoms with Gasteiger partial charge in [-0.2, -0.15) is 36.5 Å². The van der Waals surface area contributed by atoms with Crippen LogP contribution in [0.25, 0.3) is 5.95 Å². The van der Waals surface area contributed by atoms with Gasteiger partial charge in [-0.05, 0) is 30.3 Å². The van der Waals surface area contributed by atoms with Crippen molar-refractivity contribution in [2.24, 2.45) is 11.8 Å². The summed E-state index contributed by atoms with van der Waals surface area (Å²) >= 11 is 2.01. The van der Waals surface area contributed by atoms with Crippen molar-refractivity contribution in [3.05, 3.63) is 12.7 Å². The van der Waals surface area contributed by atoms with Crippen molar-refractivity contribution in [1.82, 2.24) is 29.7 Å². The SMILES string of the molecule is NNc1nc(NCC2CCSCC2)nc(-n2cncn2)n1. The number of nitrogens with zero attached hydrogens (tertiary/aromatic N) is 6. The summed E-state index contributed by atoms with van der Waals surface area (Å²) < 4.78 is 1.46. The summed E-state index contributed by atoms with van der Waals surface area (Å²) in [4.78, 5) is 16.6. The highest BCUT2D eigenvalue weighted by atomic mass is 32.2. The van der Waals surface area contributed by atoms with E-state index in [2.05, 4.69) is 35.8 Å². The molecule has 9 nitrogen and oxygen atoms in total. The number of thioether (sulfide) groups is 1. The second-order valence-corrected chi connectivity index (χ2v) is 5.93. The molecule has 21 heavy (non-hydrogen) atoms. The molecule has 0 amide bonds. The lowest BCUT2D eigenvalue weighted by molar-refractivity contribution is 0.514. The highest BCUT2D eigenvalue weighted by molar-refractivity contribution is 7.99. The smallest absolute Gasteiger partial charge is 0.258 e. The second kappa shape index (κ2) is 6.68. The molecule has 1 saturated heterocycles. The van der Waals surface area contributed by atoms with Crippen LogP contribution in [-0.2, 0) is 0 Å². The van der Waals surface area contributed by atoms with Crippen molar-refractivity contribution in [2.45, 2.75) is 12.8 Å². The molecule has 0 spiro atoms. The van der Waals surface area contributed by atoms with Crippen LogP contribution in [0.4, 0.5) is 11.9 Å². The number of nitrogens with two attached hydrogens (primary N) is 1.